The smallest absolute Gasteiger partial charge is 0.262 e. The third kappa shape index (κ3) is 3.05. The van der Waals surface area contributed by atoms with Gasteiger partial charge in [0.05, 0.1) is 10.6 Å². The number of halogens is 2. The molecule has 0 aromatic heterocycles. The first-order valence-corrected chi connectivity index (χ1v) is 7.75. The fourth-order valence-electron chi connectivity index (χ4n) is 2.37. The minimum absolute atomic E-state index is 0.0803. The van der Waals surface area contributed by atoms with Crippen LogP contribution in [0.2, 0.25) is 0 Å². The quantitative estimate of drug-likeness (QED) is 0.939. The van der Waals surface area contributed by atoms with Crippen LogP contribution in [0.25, 0.3) is 0 Å². The summed E-state index contributed by atoms with van der Waals surface area (Å²) in [4.78, 5) is 0.0803. The molecular weight excluding hydrogens is 296 g/mol. The fourth-order valence-corrected chi connectivity index (χ4v) is 3.88. The average Bonchev–Trinajstić information content (AvgIpc) is 2.33. The molecule has 112 valence electrons. The van der Waals surface area contributed by atoms with E-state index in [9.17, 15) is 17.2 Å². The number of nitrogens with one attached hydrogen (secondary N) is 1. The summed E-state index contributed by atoms with van der Waals surface area (Å²) in [6.07, 6.45) is 0. The molecule has 1 N–H and O–H groups in total. The average molecular weight is 311 g/mol. The monoisotopic (exact) mass is 311 g/mol. The molecule has 0 heterocycles. The van der Waals surface area contributed by atoms with Crippen molar-refractivity contribution in [1.29, 1.82) is 0 Å². The van der Waals surface area contributed by atoms with Gasteiger partial charge in [0, 0.05) is 0 Å². The van der Waals surface area contributed by atoms with E-state index in [4.69, 9.17) is 0 Å². The Kier molecular flexibility index (Phi) is 4.00. The van der Waals surface area contributed by atoms with Crippen LogP contribution < -0.4 is 4.72 Å². The van der Waals surface area contributed by atoms with Gasteiger partial charge in [-0.2, -0.15) is 0 Å². The van der Waals surface area contributed by atoms with Crippen LogP contribution in [-0.4, -0.2) is 8.42 Å². The minimum Gasteiger partial charge on any atom is -0.277 e. The Morgan fingerprint density at radius 2 is 1.57 bits per heavy atom. The molecule has 0 unspecified atom stereocenters. The van der Waals surface area contributed by atoms with Crippen molar-refractivity contribution in [2.75, 3.05) is 4.72 Å². The maximum Gasteiger partial charge on any atom is 0.262 e. The van der Waals surface area contributed by atoms with Crippen LogP contribution in [0.5, 0.6) is 0 Å². The summed E-state index contributed by atoms with van der Waals surface area (Å²) >= 11 is 0. The summed E-state index contributed by atoms with van der Waals surface area (Å²) in [6.45, 7) is 5.18. The second-order valence-electron chi connectivity index (χ2n) is 4.93. The third-order valence-corrected chi connectivity index (χ3v) is 4.74. The number of aryl methyl sites for hydroxylation is 3. The van der Waals surface area contributed by atoms with Gasteiger partial charge >= 0.3 is 0 Å². The molecule has 6 heteroatoms. The molecule has 0 saturated heterocycles. The summed E-state index contributed by atoms with van der Waals surface area (Å²) in [5, 5.41) is 0. The van der Waals surface area contributed by atoms with Gasteiger partial charge in [0.25, 0.3) is 10.0 Å². The van der Waals surface area contributed by atoms with E-state index in [1.807, 2.05) is 6.92 Å². The summed E-state index contributed by atoms with van der Waals surface area (Å²) in [5.74, 6) is -2.32. The largest absolute Gasteiger partial charge is 0.277 e. The van der Waals surface area contributed by atoms with Crippen molar-refractivity contribution in [2.45, 2.75) is 25.7 Å². The van der Waals surface area contributed by atoms with Crippen LogP contribution in [0.1, 0.15) is 16.7 Å². The topological polar surface area (TPSA) is 46.2 Å². The second-order valence-corrected chi connectivity index (χ2v) is 6.55. The molecule has 0 fully saturated rings. The first kappa shape index (κ1) is 15.4. The molecular formula is C15H15F2NO2S. The molecule has 0 radical (unpaired) electrons. The molecule has 0 aliphatic heterocycles. The molecule has 0 aliphatic rings. The lowest BCUT2D eigenvalue weighted by Crippen LogP contribution is -2.17. The number of hydrogen-bond acceptors (Lipinski definition) is 2. The zero-order valence-corrected chi connectivity index (χ0v) is 12.7. The molecule has 21 heavy (non-hydrogen) atoms. The molecule has 2 aromatic carbocycles. The van der Waals surface area contributed by atoms with Crippen molar-refractivity contribution in [3.63, 3.8) is 0 Å². The number of benzene rings is 2. The van der Waals surface area contributed by atoms with Crippen molar-refractivity contribution in [1.82, 2.24) is 0 Å². The summed E-state index contributed by atoms with van der Waals surface area (Å²) < 4.78 is 53.7. The van der Waals surface area contributed by atoms with Gasteiger partial charge in [0.1, 0.15) is 0 Å². The van der Waals surface area contributed by atoms with E-state index in [1.165, 1.54) is 12.1 Å². The highest BCUT2D eigenvalue weighted by atomic mass is 32.2. The van der Waals surface area contributed by atoms with E-state index in [-0.39, 0.29) is 4.90 Å². The molecule has 2 aromatic rings. The second kappa shape index (κ2) is 5.44. The molecule has 0 bridgehead atoms. The van der Waals surface area contributed by atoms with Crippen LogP contribution in [0.3, 0.4) is 0 Å². The first-order valence-electron chi connectivity index (χ1n) is 6.27. The summed E-state index contributed by atoms with van der Waals surface area (Å²) in [7, 11) is -3.99. The lowest BCUT2D eigenvalue weighted by Gasteiger charge is -2.14. The first-order chi connectivity index (χ1) is 9.72. The van der Waals surface area contributed by atoms with Crippen LogP contribution >= 0.6 is 0 Å². The van der Waals surface area contributed by atoms with E-state index in [2.05, 4.69) is 4.72 Å². The van der Waals surface area contributed by atoms with Gasteiger partial charge < -0.3 is 0 Å². The van der Waals surface area contributed by atoms with Crippen LogP contribution in [-0.2, 0) is 10.0 Å². The van der Waals surface area contributed by atoms with Crippen molar-refractivity contribution < 1.29 is 17.2 Å². The Balaban J connectivity index is 2.51. The van der Waals surface area contributed by atoms with Crippen molar-refractivity contribution in [3.05, 3.63) is 58.7 Å². The Hall–Kier alpha value is -1.95. The molecule has 0 aliphatic carbocycles. The lowest BCUT2D eigenvalue weighted by molar-refractivity contribution is 0.511. The van der Waals surface area contributed by atoms with Gasteiger partial charge in [0.2, 0.25) is 0 Å². The zero-order valence-electron chi connectivity index (χ0n) is 11.9. The molecule has 3 nitrogen and oxygen atoms in total. The van der Waals surface area contributed by atoms with Crippen molar-refractivity contribution in [2.24, 2.45) is 0 Å². The molecule has 0 amide bonds. The number of sulfonamides is 1. The van der Waals surface area contributed by atoms with Crippen LogP contribution in [0.15, 0.2) is 35.2 Å². The Morgan fingerprint density at radius 1 is 1.00 bits per heavy atom. The highest BCUT2D eigenvalue weighted by molar-refractivity contribution is 7.92. The highest BCUT2D eigenvalue weighted by Crippen LogP contribution is 2.26. The SMILES string of the molecule is Cc1cc(C)c(S(=O)(=O)Nc2cccc(F)c2F)c(C)c1. The summed E-state index contributed by atoms with van der Waals surface area (Å²) in [5.41, 5.74) is 1.63. The molecule has 0 atom stereocenters. The highest BCUT2D eigenvalue weighted by Gasteiger charge is 2.22. The molecule has 0 saturated carbocycles. The maximum absolute atomic E-state index is 13.6. The van der Waals surface area contributed by atoms with Crippen LogP contribution in [0.4, 0.5) is 14.5 Å². The van der Waals surface area contributed by atoms with Gasteiger partial charge in [-0.05, 0) is 44.0 Å². The number of anilines is 1. The number of rotatable bonds is 3. The predicted octanol–water partition coefficient (Wildman–Crippen LogP) is 3.69. The number of hydrogen-bond donors (Lipinski definition) is 1. The molecule has 2 rings (SSSR count). The van der Waals surface area contributed by atoms with Gasteiger partial charge in [0.15, 0.2) is 11.6 Å². The van der Waals surface area contributed by atoms with Gasteiger partial charge in [-0.15, -0.1) is 0 Å². The van der Waals surface area contributed by atoms with E-state index < -0.39 is 27.3 Å². The predicted molar refractivity (Wildman–Crippen MR) is 77.8 cm³/mol. The van der Waals surface area contributed by atoms with Crippen molar-refractivity contribution >= 4 is 15.7 Å². The Labute approximate surface area is 122 Å². The molecule has 0 spiro atoms. The lowest BCUT2D eigenvalue weighted by atomic mass is 10.1. The van der Waals surface area contributed by atoms with Gasteiger partial charge in [-0.3, -0.25) is 4.72 Å². The van der Waals surface area contributed by atoms with E-state index in [1.54, 1.807) is 26.0 Å². The van der Waals surface area contributed by atoms with E-state index in [0.29, 0.717) is 11.1 Å². The summed E-state index contributed by atoms with van der Waals surface area (Å²) in [6, 6.07) is 6.79. The fraction of sp³-hybridized carbons (Fsp3) is 0.200. The Morgan fingerprint density at radius 3 is 2.14 bits per heavy atom. The minimum atomic E-state index is -3.99. The van der Waals surface area contributed by atoms with E-state index in [0.717, 1.165) is 11.6 Å². The van der Waals surface area contributed by atoms with E-state index >= 15 is 0 Å². The van der Waals surface area contributed by atoms with Gasteiger partial charge in [-0.25, -0.2) is 17.2 Å². The van der Waals surface area contributed by atoms with Crippen LogP contribution in [0, 0.1) is 32.4 Å². The normalized spacial score (nSPS) is 11.5. The standard InChI is InChI=1S/C15H15F2NO2S/c1-9-7-10(2)15(11(3)8-9)21(19,20)18-13-6-4-5-12(16)14(13)17/h4-8,18H,1-3H3. The maximum atomic E-state index is 13.6. The van der Waals surface area contributed by atoms with Crippen molar-refractivity contribution in [3.8, 4) is 0 Å². The Bertz CT molecular complexity index is 778. The third-order valence-electron chi connectivity index (χ3n) is 3.07. The van der Waals surface area contributed by atoms with Gasteiger partial charge in [-0.1, -0.05) is 23.8 Å². The zero-order chi connectivity index (χ0) is 15.8.